The number of nitrogens with zero attached hydrogens (tertiary/aromatic N) is 3. The second kappa shape index (κ2) is 8.36. The van der Waals surface area contributed by atoms with E-state index in [1.165, 1.54) is 0 Å². The summed E-state index contributed by atoms with van der Waals surface area (Å²) in [5.41, 5.74) is 4.27. The molecule has 0 radical (unpaired) electrons. The highest BCUT2D eigenvalue weighted by Crippen LogP contribution is 2.34. The van der Waals surface area contributed by atoms with Crippen LogP contribution >= 0.6 is 11.3 Å². The number of nitrogens with one attached hydrogen (secondary N) is 1. The first-order valence-electron chi connectivity index (χ1n) is 10.2. The number of thiophene rings is 1. The first-order valence-corrected chi connectivity index (χ1v) is 11.1. The predicted molar refractivity (Wildman–Crippen MR) is 128 cm³/mol. The molecule has 0 aliphatic carbocycles. The summed E-state index contributed by atoms with van der Waals surface area (Å²) in [5, 5.41) is 10.9. The fourth-order valence-electron chi connectivity index (χ4n) is 3.84. The van der Waals surface area contributed by atoms with Crippen molar-refractivity contribution in [3.8, 4) is 22.0 Å². The van der Waals surface area contributed by atoms with Gasteiger partial charge in [-0.05, 0) is 47.3 Å². The molecular formula is C25H22N4O2S. The Morgan fingerprint density at radius 1 is 1.06 bits per heavy atom. The summed E-state index contributed by atoms with van der Waals surface area (Å²) in [4.78, 5) is 14.2. The quantitative estimate of drug-likeness (QED) is 0.401. The maximum Gasteiger partial charge on any atom is 0.268 e. The normalized spacial score (nSPS) is 11.1. The highest BCUT2D eigenvalue weighted by Gasteiger charge is 2.22. The van der Waals surface area contributed by atoms with E-state index in [-0.39, 0.29) is 5.91 Å². The molecule has 3 heterocycles. The van der Waals surface area contributed by atoms with Crippen LogP contribution in [0.1, 0.15) is 16.1 Å². The lowest BCUT2D eigenvalue weighted by Gasteiger charge is -2.09. The van der Waals surface area contributed by atoms with Gasteiger partial charge >= 0.3 is 0 Å². The van der Waals surface area contributed by atoms with Crippen molar-refractivity contribution >= 4 is 28.3 Å². The number of benzene rings is 2. The van der Waals surface area contributed by atoms with Gasteiger partial charge in [-0.3, -0.25) is 4.79 Å². The maximum atomic E-state index is 13.1. The minimum Gasteiger partial charge on any atom is -0.497 e. The van der Waals surface area contributed by atoms with E-state index >= 15 is 0 Å². The Balaban J connectivity index is 1.54. The van der Waals surface area contributed by atoms with Crippen molar-refractivity contribution in [1.82, 2.24) is 19.7 Å². The van der Waals surface area contributed by atoms with Crippen molar-refractivity contribution in [1.29, 1.82) is 0 Å². The summed E-state index contributed by atoms with van der Waals surface area (Å²) in [5.74, 6) is 0.633. The van der Waals surface area contributed by atoms with E-state index in [2.05, 4.69) is 11.4 Å². The van der Waals surface area contributed by atoms with Crippen LogP contribution in [0.5, 0.6) is 5.75 Å². The number of para-hydroxylation sites is 1. The molecule has 3 aromatic heterocycles. The van der Waals surface area contributed by atoms with E-state index in [1.807, 2.05) is 88.4 Å². The molecule has 0 aliphatic rings. The molecule has 0 aliphatic heterocycles. The number of amides is 1. The monoisotopic (exact) mass is 442 g/mol. The number of rotatable bonds is 6. The van der Waals surface area contributed by atoms with Crippen LogP contribution in [0.15, 0.2) is 78.2 Å². The highest BCUT2D eigenvalue weighted by atomic mass is 32.1. The largest absolute Gasteiger partial charge is 0.497 e. The molecule has 6 nitrogen and oxygen atoms in total. The number of methoxy groups -OCH3 is 1. The average Bonchev–Trinajstić information content (AvgIpc) is 3.56. The highest BCUT2D eigenvalue weighted by molar-refractivity contribution is 7.13. The van der Waals surface area contributed by atoms with Gasteiger partial charge in [-0.15, -0.1) is 11.3 Å². The Kier molecular flexibility index (Phi) is 5.25. The number of hydrogen-bond acceptors (Lipinski definition) is 4. The third-order valence-electron chi connectivity index (χ3n) is 5.43. The van der Waals surface area contributed by atoms with Crippen molar-refractivity contribution in [3.05, 3.63) is 89.4 Å². The molecule has 1 amide bonds. The molecule has 7 heteroatoms. The van der Waals surface area contributed by atoms with Gasteiger partial charge in [-0.2, -0.15) is 5.10 Å². The van der Waals surface area contributed by atoms with Gasteiger partial charge < -0.3 is 14.6 Å². The van der Waals surface area contributed by atoms with Crippen LogP contribution in [0.2, 0.25) is 0 Å². The van der Waals surface area contributed by atoms with Gasteiger partial charge in [0.05, 0.1) is 17.7 Å². The molecule has 0 unspecified atom stereocenters. The first-order chi connectivity index (χ1) is 15.7. The van der Waals surface area contributed by atoms with Crippen LogP contribution in [0.4, 0.5) is 0 Å². The summed E-state index contributed by atoms with van der Waals surface area (Å²) in [7, 11) is 3.54. The Morgan fingerprint density at radius 2 is 1.91 bits per heavy atom. The average molecular weight is 443 g/mol. The van der Waals surface area contributed by atoms with Gasteiger partial charge in [-0.25, -0.2) is 4.68 Å². The Bertz CT molecular complexity index is 1380. The number of hydrogen-bond donors (Lipinski definition) is 1. The molecule has 32 heavy (non-hydrogen) atoms. The van der Waals surface area contributed by atoms with Crippen LogP contribution in [0.3, 0.4) is 0 Å². The number of ether oxygens (including phenoxy) is 1. The minimum absolute atomic E-state index is 0.136. The Hall–Kier alpha value is -3.84. The lowest BCUT2D eigenvalue weighted by Crippen LogP contribution is -2.25. The Morgan fingerprint density at radius 3 is 2.66 bits per heavy atom. The SMILES string of the molecule is COc1cccc(CNC(=O)c2cc3c(-c4cccs4)nn(-c4ccccc4)c3n2C)c1. The van der Waals surface area contributed by atoms with E-state index < -0.39 is 0 Å². The number of aromatic nitrogens is 3. The van der Waals surface area contributed by atoms with Crippen molar-refractivity contribution in [2.75, 3.05) is 7.11 Å². The fraction of sp³-hybridized carbons (Fsp3) is 0.120. The topological polar surface area (TPSA) is 61.1 Å². The third-order valence-corrected chi connectivity index (χ3v) is 6.31. The Labute approximate surface area is 189 Å². The second-order valence-electron chi connectivity index (χ2n) is 7.43. The molecule has 0 atom stereocenters. The van der Waals surface area contributed by atoms with Crippen LogP contribution in [-0.4, -0.2) is 27.4 Å². The second-order valence-corrected chi connectivity index (χ2v) is 8.38. The zero-order valence-electron chi connectivity index (χ0n) is 17.8. The van der Waals surface area contributed by atoms with E-state index in [4.69, 9.17) is 9.84 Å². The zero-order valence-corrected chi connectivity index (χ0v) is 18.6. The van der Waals surface area contributed by atoms with Crippen LogP contribution in [-0.2, 0) is 13.6 Å². The number of aryl methyl sites for hydroxylation is 1. The summed E-state index contributed by atoms with van der Waals surface area (Å²) < 4.78 is 9.09. The molecule has 2 aromatic carbocycles. The van der Waals surface area contributed by atoms with Gasteiger partial charge in [-0.1, -0.05) is 36.4 Å². The summed E-state index contributed by atoms with van der Waals surface area (Å²) in [6, 6.07) is 23.7. The smallest absolute Gasteiger partial charge is 0.268 e. The lowest BCUT2D eigenvalue weighted by molar-refractivity contribution is 0.0943. The minimum atomic E-state index is -0.136. The molecular weight excluding hydrogens is 420 g/mol. The van der Waals surface area contributed by atoms with Gasteiger partial charge in [0.2, 0.25) is 0 Å². The summed E-state index contributed by atoms with van der Waals surface area (Å²) in [6.07, 6.45) is 0. The molecule has 0 fully saturated rings. The van der Waals surface area contributed by atoms with Gasteiger partial charge in [0, 0.05) is 19.0 Å². The molecule has 0 saturated heterocycles. The maximum absolute atomic E-state index is 13.1. The van der Waals surface area contributed by atoms with E-state index in [0.29, 0.717) is 12.2 Å². The van der Waals surface area contributed by atoms with Gasteiger partial charge in [0.15, 0.2) is 0 Å². The molecule has 1 N–H and O–H groups in total. The molecule has 5 rings (SSSR count). The van der Waals surface area contributed by atoms with Crippen LogP contribution < -0.4 is 10.1 Å². The van der Waals surface area contributed by atoms with Crippen molar-refractivity contribution in [2.45, 2.75) is 6.54 Å². The molecule has 5 aromatic rings. The lowest BCUT2D eigenvalue weighted by atomic mass is 10.2. The van der Waals surface area contributed by atoms with Crippen molar-refractivity contribution in [2.24, 2.45) is 7.05 Å². The summed E-state index contributed by atoms with van der Waals surface area (Å²) >= 11 is 1.64. The van der Waals surface area contributed by atoms with Crippen molar-refractivity contribution in [3.63, 3.8) is 0 Å². The van der Waals surface area contributed by atoms with E-state index in [1.54, 1.807) is 18.4 Å². The van der Waals surface area contributed by atoms with Crippen molar-refractivity contribution < 1.29 is 9.53 Å². The third kappa shape index (κ3) is 3.56. The van der Waals surface area contributed by atoms with Crippen LogP contribution in [0.25, 0.3) is 27.3 Å². The number of fused-ring (bicyclic) bond motifs is 1. The van der Waals surface area contributed by atoms with Crippen LogP contribution in [0, 0.1) is 0 Å². The van der Waals surface area contributed by atoms with Gasteiger partial charge in [0.1, 0.15) is 22.8 Å². The fourth-order valence-corrected chi connectivity index (χ4v) is 4.57. The summed E-state index contributed by atoms with van der Waals surface area (Å²) in [6.45, 7) is 0.417. The first kappa shape index (κ1) is 20.1. The number of carbonyl (C=O) groups is 1. The van der Waals surface area contributed by atoms with E-state index in [0.717, 1.165) is 38.6 Å². The predicted octanol–water partition coefficient (Wildman–Crippen LogP) is 5.03. The molecule has 160 valence electrons. The number of carbonyl (C=O) groups excluding carboxylic acids is 1. The van der Waals surface area contributed by atoms with Gasteiger partial charge in [0.25, 0.3) is 5.91 Å². The molecule has 0 spiro atoms. The molecule has 0 bridgehead atoms. The molecule has 0 saturated carbocycles. The standard InChI is InChI=1S/C25H22N4O2S/c1-28-21(24(30)26-16-17-8-6-11-19(14-17)31-2)15-20-23(22-12-7-13-32-22)27-29(25(20)28)18-9-4-3-5-10-18/h3-15H,16H2,1-2H3,(H,26,30). The van der Waals surface area contributed by atoms with E-state index in [9.17, 15) is 4.79 Å². The zero-order chi connectivity index (χ0) is 22.1.